The molecule has 1 saturated carbocycles. The topological polar surface area (TPSA) is 49.3 Å². The molecule has 2 fully saturated rings. The molecule has 154 valence electrons. The van der Waals surface area contributed by atoms with Crippen molar-refractivity contribution in [2.45, 2.75) is 64.1 Å². The molecule has 26 heavy (non-hydrogen) atoms. The molecule has 1 N–H and O–H groups in total. The summed E-state index contributed by atoms with van der Waals surface area (Å²) in [5.74, 6) is 1.04. The van der Waals surface area contributed by atoms with Crippen LogP contribution in [0.4, 0.5) is 0 Å². The Balaban J connectivity index is 0.00000338. The lowest BCUT2D eigenvalue weighted by Gasteiger charge is -2.34. The van der Waals surface area contributed by atoms with E-state index in [1.54, 1.807) is 7.11 Å². The van der Waals surface area contributed by atoms with Crippen LogP contribution >= 0.6 is 24.0 Å². The van der Waals surface area contributed by atoms with E-state index in [-0.39, 0.29) is 24.0 Å². The molecule has 6 nitrogen and oxygen atoms in total. The number of methoxy groups -OCH3 is 1. The molecular formula is C19H39IN4O2. The van der Waals surface area contributed by atoms with Gasteiger partial charge in [0.15, 0.2) is 5.96 Å². The molecule has 1 aliphatic carbocycles. The van der Waals surface area contributed by atoms with Crippen LogP contribution in [0.15, 0.2) is 4.99 Å². The monoisotopic (exact) mass is 482 g/mol. The van der Waals surface area contributed by atoms with Crippen molar-refractivity contribution >= 4 is 29.9 Å². The quantitative estimate of drug-likeness (QED) is 0.225. The Bertz CT molecular complexity index is 395. The van der Waals surface area contributed by atoms with Gasteiger partial charge in [0.25, 0.3) is 0 Å². The number of ether oxygens (including phenoxy) is 2. The number of guanidine groups is 1. The summed E-state index contributed by atoms with van der Waals surface area (Å²) in [6.07, 6.45) is 6.25. The van der Waals surface area contributed by atoms with Gasteiger partial charge in [0.1, 0.15) is 0 Å². The van der Waals surface area contributed by atoms with Crippen molar-refractivity contribution in [3.63, 3.8) is 0 Å². The summed E-state index contributed by atoms with van der Waals surface area (Å²) in [6, 6.07) is 1.44. The van der Waals surface area contributed by atoms with Gasteiger partial charge < -0.3 is 19.7 Å². The second kappa shape index (κ2) is 13.1. The lowest BCUT2D eigenvalue weighted by molar-refractivity contribution is 0.00989. The second-order valence-electron chi connectivity index (χ2n) is 7.44. The average molecular weight is 482 g/mol. The maximum absolute atomic E-state index is 5.95. The molecule has 0 bridgehead atoms. The van der Waals surface area contributed by atoms with Crippen molar-refractivity contribution in [3.8, 4) is 0 Å². The van der Waals surface area contributed by atoms with Crippen LogP contribution in [0, 0.1) is 0 Å². The normalized spacial score (nSPS) is 19.2. The number of hydrogen-bond donors (Lipinski definition) is 1. The number of nitrogens with one attached hydrogen (secondary N) is 1. The summed E-state index contributed by atoms with van der Waals surface area (Å²) >= 11 is 0. The second-order valence-corrected chi connectivity index (χ2v) is 7.44. The molecule has 0 atom stereocenters. The highest BCUT2D eigenvalue weighted by atomic mass is 127. The molecule has 0 aromatic carbocycles. The zero-order chi connectivity index (χ0) is 18.1. The predicted molar refractivity (Wildman–Crippen MR) is 119 cm³/mol. The van der Waals surface area contributed by atoms with Crippen molar-refractivity contribution in [3.05, 3.63) is 0 Å². The molecular weight excluding hydrogens is 443 g/mol. The van der Waals surface area contributed by atoms with Crippen LogP contribution in [-0.2, 0) is 9.47 Å². The molecule has 1 saturated heterocycles. The van der Waals surface area contributed by atoms with Gasteiger partial charge in [-0.3, -0.25) is 9.89 Å². The minimum atomic E-state index is 0. The summed E-state index contributed by atoms with van der Waals surface area (Å²) in [7, 11) is 3.62. The Morgan fingerprint density at radius 3 is 2.42 bits per heavy atom. The third kappa shape index (κ3) is 8.27. The molecule has 7 heteroatoms. The van der Waals surface area contributed by atoms with Crippen molar-refractivity contribution in [2.24, 2.45) is 4.99 Å². The molecule has 0 radical (unpaired) electrons. The maximum Gasteiger partial charge on any atom is 0.193 e. The molecule has 0 spiro atoms. The first-order valence-electron chi connectivity index (χ1n) is 9.97. The van der Waals surface area contributed by atoms with E-state index in [1.807, 2.05) is 7.05 Å². The van der Waals surface area contributed by atoms with Crippen LogP contribution in [0.3, 0.4) is 0 Å². The number of nitrogens with zero attached hydrogens (tertiary/aromatic N) is 3. The van der Waals surface area contributed by atoms with Crippen LogP contribution in [0.5, 0.6) is 0 Å². The predicted octanol–water partition coefficient (Wildman–Crippen LogP) is 2.57. The van der Waals surface area contributed by atoms with E-state index in [0.29, 0.717) is 12.1 Å². The lowest BCUT2D eigenvalue weighted by atomic mass is 10.1. The van der Waals surface area contributed by atoms with Gasteiger partial charge >= 0.3 is 0 Å². The zero-order valence-electron chi connectivity index (χ0n) is 17.1. The Kier molecular flexibility index (Phi) is 12.1. The van der Waals surface area contributed by atoms with E-state index in [9.17, 15) is 0 Å². The minimum absolute atomic E-state index is 0. The van der Waals surface area contributed by atoms with Gasteiger partial charge in [-0.15, -0.1) is 24.0 Å². The van der Waals surface area contributed by atoms with Gasteiger partial charge in [-0.25, -0.2) is 0 Å². The van der Waals surface area contributed by atoms with E-state index in [4.69, 9.17) is 9.47 Å². The average Bonchev–Trinajstić information content (AvgIpc) is 3.44. The Labute approximate surface area is 177 Å². The minimum Gasteiger partial charge on any atom is -0.385 e. The molecule has 0 aromatic rings. The fourth-order valence-corrected chi connectivity index (χ4v) is 3.59. The van der Waals surface area contributed by atoms with Crippen molar-refractivity contribution in [2.75, 3.05) is 53.6 Å². The van der Waals surface area contributed by atoms with Crippen molar-refractivity contribution in [1.29, 1.82) is 0 Å². The highest BCUT2D eigenvalue weighted by Crippen LogP contribution is 2.27. The smallest absolute Gasteiger partial charge is 0.193 e. The molecule has 0 amide bonds. The first-order chi connectivity index (χ1) is 12.2. The summed E-state index contributed by atoms with van der Waals surface area (Å²) in [5, 5.41) is 3.56. The first-order valence-corrected chi connectivity index (χ1v) is 9.97. The highest BCUT2D eigenvalue weighted by Gasteiger charge is 2.30. The third-order valence-corrected chi connectivity index (χ3v) is 5.13. The van der Waals surface area contributed by atoms with E-state index in [1.165, 1.54) is 12.8 Å². The van der Waals surface area contributed by atoms with Gasteiger partial charge in [-0.05, 0) is 46.0 Å². The van der Waals surface area contributed by atoms with Crippen molar-refractivity contribution in [1.82, 2.24) is 15.1 Å². The summed E-state index contributed by atoms with van der Waals surface area (Å²) in [5.41, 5.74) is 0. The van der Waals surface area contributed by atoms with Gasteiger partial charge in [-0.1, -0.05) is 0 Å². The number of aliphatic imine (C=N–C) groups is 1. The molecule has 1 aliphatic heterocycles. The van der Waals surface area contributed by atoms with Crippen LogP contribution in [0.1, 0.15) is 46.0 Å². The van der Waals surface area contributed by atoms with Crippen LogP contribution in [0.2, 0.25) is 0 Å². The molecule has 0 aromatic heterocycles. The zero-order valence-corrected chi connectivity index (χ0v) is 19.4. The van der Waals surface area contributed by atoms with E-state index in [2.05, 4.69) is 34.0 Å². The third-order valence-electron chi connectivity index (χ3n) is 5.13. The number of hydrogen-bond acceptors (Lipinski definition) is 4. The van der Waals surface area contributed by atoms with Crippen LogP contribution < -0.4 is 5.32 Å². The number of halogens is 1. The van der Waals surface area contributed by atoms with E-state index >= 15 is 0 Å². The highest BCUT2D eigenvalue weighted by molar-refractivity contribution is 14.0. The van der Waals surface area contributed by atoms with Gasteiger partial charge in [0, 0.05) is 65.6 Å². The fraction of sp³-hybridized carbons (Fsp3) is 0.947. The van der Waals surface area contributed by atoms with Crippen LogP contribution in [-0.4, -0.2) is 87.5 Å². The Morgan fingerprint density at radius 1 is 1.19 bits per heavy atom. The summed E-state index contributed by atoms with van der Waals surface area (Å²) < 4.78 is 11.0. The largest absolute Gasteiger partial charge is 0.385 e. The summed E-state index contributed by atoms with van der Waals surface area (Å²) in [6.45, 7) is 10.3. The summed E-state index contributed by atoms with van der Waals surface area (Å²) in [4.78, 5) is 9.46. The van der Waals surface area contributed by atoms with E-state index in [0.717, 1.165) is 70.7 Å². The van der Waals surface area contributed by atoms with E-state index < -0.39 is 0 Å². The molecule has 2 aliphatic rings. The lowest BCUT2D eigenvalue weighted by Crippen LogP contribution is -2.49. The Morgan fingerprint density at radius 2 is 1.88 bits per heavy atom. The fourth-order valence-electron chi connectivity index (χ4n) is 3.59. The SMILES string of the molecule is CN=C(NCCN(C(C)C)C1CC1)N1CCC(OCCCOC)CC1.I. The number of rotatable bonds is 10. The standard InChI is InChI=1S/C19H38N4O2.HI/c1-16(2)23(17-6-7-17)13-10-21-19(20-3)22-11-8-18(9-12-22)25-15-5-14-24-4;/h16-18H,5-15H2,1-4H3,(H,20,21);1H. The molecule has 0 unspecified atom stereocenters. The van der Waals surface area contributed by atoms with Crippen molar-refractivity contribution < 1.29 is 9.47 Å². The molecule has 2 rings (SSSR count). The number of likely N-dealkylation sites (tertiary alicyclic amines) is 1. The van der Waals surface area contributed by atoms with Gasteiger partial charge in [0.2, 0.25) is 0 Å². The van der Waals surface area contributed by atoms with Crippen LogP contribution in [0.25, 0.3) is 0 Å². The van der Waals surface area contributed by atoms with Gasteiger partial charge in [0.05, 0.1) is 6.10 Å². The first kappa shape index (κ1) is 23.9. The molecule has 1 heterocycles. The maximum atomic E-state index is 5.95. The Hall–Kier alpha value is -0.120. The number of piperidine rings is 1. The van der Waals surface area contributed by atoms with Gasteiger partial charge in [-0.2, -0.15) is 0 Å².